The van der Waals surface area contributed by atoms with Crippen LogP contribution in [0.5, 0.6) is 0 Å². The number of carbonyl (C=O) groups is 2. The lowest BCUT2D eigenvalue weighted by atomic mass is 9.86. The van der Waals surface area contributed by atoms with E-state index in [9.17, 15) is 9.59 Å². The molecule has 1 amide bonds. The third-order valence-corrected chi connectivity index (χ3v) is 4.07. The van der Waals surface area contributed by atoms with E-state index in [0.29, 0.717) is 16.9 Å². The summed E-state index contributed by atoms with van der Waals surface area (Å²) in [6, 6.07) is 5.35. The summed E-state index contributed by atoms with van der Waals surface area (Å²) in [7, 11) is 0. The van der Waals surface area contributed by atoms with E-state index in [1.165, 1.54) is 0 Å². The molecule has 6 heteroatoms. The van der Waals surface area contributed by atoms with Crippen LogP contribution < -0.4 is 5.32 Å². The van der Waals surface area contributed by atoms with E-state index in [0.717, 1.165) is 25.7 Å². The van der Waals surface area contributed by atoms with Crippen LogP contribution in [0, 0.1) is 5.92 Å². The smallest absolute Gasteiger partial charge is 0.308 e. The van der Waals surface area contributed by atoms with E-state index in [4.69, 9.17) is 4.74 Å². The number of hydrogen-bond donors (Lipinski definition) is 1. The van der Waals surface area contributed by atoms with Crippen molar-refractivity contribution in [1.29, 1.82) is 0 Å². The quantitative estimate of drug-likeness (QED) is 0.666. The molecule has 0 bridgehead atoms. The van der Waals surface area contributed by atoms with Gasteiger partial charge in [-0.2, -0.15) is 0 Å². The maximum atomic E-state index is 12.1. The van der Waals surface area contributed by atoms with E-state index < -0.39 is 0 Å². The Hall–Kier alpha value is -1.43. The minimum Gasteiger partial charge on any atom is -0.466 e. The highest BCUT2D eigenvalue weighted by Crippen LogP contribution is 2.25. The summed E-state index contributed by atoms with van der Waals surface area (Å²) < 4.78 is 5.68. The first-order valence-corrected chi connectivity index (χ1v) is 7.99. The van der Waals surface area contributed by atoms with Crippen LogP contribution in [0.1, 0.15) is 43.1 Å². The van der Waals surface area contributed by atoms with Crippen LogP contribution in [0.25, 0.3) is 0 Å². The lowest BCUT2D eigenvalue weighted by Gasteiger charge is -2.27. The van der Waals surface area contributed by atoms with Gasteiger partial charge >= 0.3 is 5.97 Å². The lowest BCUT2D eigenvalue weighted by molar-refractivity contribution is -0.149. The van der Waals surface area contributed by atoms with Gasteiger partial charge in [-0.25, -0.2) is 4.98 Å². The van der Waals surface area contributed by atoms with Crippen molar-refractivity contribution in [2.75, 3.05) is 6.61 Å². The van der Waals surface area contributed by atoms with Crippen LogP contribution in [0.3, 0.4) is 0 Å². The molecular formula is C15H19BrN2O3. The maximum Gasteiger partial charge on any atom is 0.308 e. The SMILES string of the molecule is CCOC(=O)C1CCC(NC(=O)c2cccc(Br)n2)CC1. The molecule has 0 unspecified atom stereocenters. The number of nitrogens with zero attached hydrogens (tertiary/aromatic N) is 1. The molecule has 0 atom stereocenters. The first kappa shape index (κ1) is 15.9. The molecule has 21 heavy (non-hydrogen) atoms. The van der Waals surface area contributed by atoms with Crippen molar-refractivity contribution in [2.45, 2.75) is 38.6 Å². The molecule has 1 fully saturated rings. The summed E-state index contributed by atoms with van der Waals surface area (Å²) in [4.78, 5) is 27.9. The molecule has 1 aliphatic rings. The lowest BCUT2D eigenvalue weighted by Crippen LogP contribution is -2.39. The van der Waals surface area contributed by atoms with Gasteiger partial charge in [-0.3, -0.25) is 9.59 Å². The molecule has 0 aliphatic heterocycles. The summed E-state index contributed by atoms with van der Waals surface area (Å²) in [6.45, 7) is 2.23. The second-order valence-corrected chi connectivity index (χ2v) is 5.93. The maximum absolute atomic E-state index is 12.1. The van der Waals surface area contributed by atoms with Gasteiger partial charge in [0.15, 0.2) is 0 Å². The summed E-state index contributed by atoms with van der Waals surface area (Å²) in [6.07, 6.45) is 3.11. The first-order chi connectivity index (χ1) is 10.1. The van der Waals surface area contributed by atoms with Gasteiger partial charge in [0.25, 0.3) is 5.91 Å². The van der Waals surface area contributed by atoms with Crippen molar-refractivity contribution in [3.05, 3.63) is 28.5 Å². The van der Waals surface area contributed by atoms with Crippen LogP contribution >= 0.6 is 15.9 Å². The van der Waals surface area contributed by atoms with Crippen molar-refractivity contribution in [2.24, 2.45) is 5.92 Å². The standard InChI is InChI=1S/C15H19BrN2O3/c1-2-21-15(20)10-6-8-11(9-7-10)17-14(19)12-4-3-5-13(16)18-12/h3-5,10-11H,2,6-9H2,1H3,(H,17,19). The molecule has 1 aliphatic carbocycles. The number of halogens is 1. The Labute approximate surface area is 132 Å². The van der Waals surface area contributed by atoms with Gasteiger partial charge < -0.3 is 10.1 Å². The normalized spacial score (nSPS) is 21.6. The average molecular weight is 355 g/mol. The molecule has 5 nitrogen and oxygen atoms in total. The molecule has 1 aromatic rings. The van der Waals surface area contributed by atoms with E-state index in [-0.39, 0.29) is 23.8 Å². The van der Waals surface area contributed by atoms with E-state index in [1.807, 2.05) is 6.92 Å². The highest BCUT2D eigenvalue weighted by Gasteiger charge is 2.28. The number of carbonyl (C=O) groups excluding carboxylic acids is 2. The van der Waals surface area contributed by atoms with Gasteiger partial charge in [-0.15, -0.1) is 0 Å². The topological polar surface area (TPSA) is 68.3 Å². The van der Waals surface area contributed by atoms with Gasteiger partial charge in [-0.05, 0) is 60.7 Å². The molecule has 0 aromatic carbocycles. The molecule has 0 saturated heterocycles. The van der Waals surface area contributed by atoms with Crippen molar-refractivity contribution >= 4 is 27.8 Å². The van der Waals surface area contributed by atoms with Gasteiger partial charge in [0.05, 0.1) is 12.5 Å². The van der Waals surface area contributed by atoms with Crippen molar-refractivity contribution in [1.82, 2.24) is 10.3 Å². The third-order valence-electron chi connectivity index (χ3n) is 3.63. The summed E-state index contributed by atoms with van der Waals surface area (Å²) in [5.74, 6) is -0.311. The van der Waals surface area contributed by atoms with Crippen molar-refractivity contribution < 1.29 is 14.3 Å². The minimum absolute atomic E-state index is 0.0258. The minimum atomic E-state index is -0.170. The van der Waals surface area contributed by atoms with Crippen LogP contribution in [-0.4, -0.2) is 29.5 Å². The van der Waals surface area contributed by atoms with Crippen LogP contribution in [0.15, 0.2) is 22.8 Å². The molecule has 1 N–H and O–H groups in total. The molecule has 1 aromatic heterocycles. The molecule has 1 heterocycles. The predicted octanol–water partition coefficient (Wildman–Crippen LogP) is 2.70. The fraction of sp³-hybridized carbons (Fsp3) is 0.533. The number of nitrogens with one attached hydrogen (secondary N) is 1. The number of rotatable bonds is 4. The predicted molar refractivity (Wildman–Crippen MR) is 81.8 cm³/mol. The van der Waals surface area contributed by atoms with Gasteiger partial charge in [-0.1, -0.05) is 6.07 Å². The monoisotopic (exact) mass is 354 g/mol. The van der Waals surface area contributed by atoms with E-state index >= 15 is 0 Å². The number of pyridine rings is 1. The Morgan fingerprint density at radius 1 is 1.33 bits per heavy atom. The second-order valence-electron chi connectivity index (χ2n) is 5.12. The number of hydrogen-bond acceptors (Lipinski definition) is 4. The van der Waals surface area contributed by atoms with E-state index in [2.05, 4.69) is 26.2 Å². The number of ether oxygens (including phenoxy) is 1. The Bertz CT molecular complexity index is 513. The number of esters is 1. The van der Waals surface area contributed by atoms with Gasteiger partial charge in [0.1, 0.15) is 10.3 Å². The van der Waals surface area contributed by atoms with Crippen molar-refractivity contribution in [3.8, 4) is 0 Å². The first-order valence-electron chi connectivity index (χ1n) is 7.20. The Morgan fingerprint density at radius 3 is 2.67 bits per heavy atom. The van der Waals surface area contributed by atoms with Crippen LogP contribution in [0.4, 0.5) is 0 Å². The van der Waals surface area contributed by atoms with E-state index in [1.54, 1.807) is 18.2 Å². The fourth-order valence-electron chi connectivity index (χ4n) is 2.53. The summed E-state index contributed by atoms with van der Waals surface area (Å²) in [5.41, 5.74) is 0.400. The van der Waals surface area contributed by atoms with Gasteiger partial charge in [0.2, 0.25) is 0 Å². The fourth-order valence-corrected chi connectivity index (χ4v) is 2.87. The highest BCUT2D eigenvalue weighted by atomic mass is 79.9. The Kier molecular flexibility index (Phi) is 5.73. The zero-order valence-electron chi connectivity index (χ0n) is 12.0. The van der Waals surface area contributed by atoms with Crippen LogP contribution in [0.2, 0.25) is 0 Å². The Balaban J connectivity index is 1.83. The Morgan fingerprint density at radius 2 is 2.05 bits per heavy atom. The highest BCUT2D eigenvalue weighted by molar-refractivity contribution is 9.10. The zero-order valence-corrected chi connectivity index (χ0v) is 13.6. The summed E-state index contributed by atoms with van der Waals surface area (Å²) >= 11 is 3.25. The third kappa shape index (κ3) is 4.52. The van der Waals surface area contributed by atoms with Crippen molar-refractivity contribution in [3.63, 3.8) is 0 Å². The number of aromatic nitrogens is 1. The largest absolute Gasteiger partial charge is 0.466 e. The molecule has 0 spiro atoms. The summed E-state index contributed by atoms with van der Waals surface area (Å²) in [5, 5.41) is 2.98. The van der Waals surface area contributed by atoms with Crippen LogP contribution in [-0.2, 0) is 9.53 Å². The second kappa shape index (κ2) is 7.54. The zero-order chi connectivity index (χ0) is 15.2. The molecule has 114 valence electrons. The molecule has 2 rings (SSSR count). The average Bonchev–Trinajstić information content (AvgIpc) is 2.48. The molecular weight excluding hydrogens is 336 g/mol. The number of amides is 1. The van der Waals surface area contributed by atoms with Gasteiger partial charge in [0, 0.05) is 6.04 Å². The molecule has 0 radical (unpaired) electrons. The molecule has 1 saturated carbocycles.